The fourth-order valence-corrected chi connectivity index (χ4v) is 1.61. The Balaban J connectivity index is 2.96. The Hall–Kier alpha value is -1.56. The molecule has 0 amide bonds. The van der Waals surface area contributed by atoms with Crippen LogP contribution in [0.15, 0.2) is 18.2 Å². The van der Waals surface area contributed by atoms with Crippen molar-refractivity contribution >= 4 is 27.9 Å². The summed E-state index contributed by atoms with van der Waals surface area (Å²) < 4.78 is 10.3. The highest BCUT2D eigenvalue weighted by Crippen LogP contribution is 2.19. The zero-order valence-electron chi connectivity index (χ0n) is 10.5. The molecule has 1 aromatic carbocycles. The summed E-state index contributed by atoms with van der Waals surface area (Å²) in [7, 11) is 0. The van der Waals surface area contributed by atoms with Gasteiger partial charge in [0, 0.05) is 5.33 Å². The van der Waals surface area contributed by atoms with Crippen molar-refractivity contribution in [2.75, 3.05) is 18.5 Å². The van der Waals surface area contributed by atoms with E-state index < -0.39 is 11.9 Å². The fraction of sp³-hybridized carbons (Fsp3) is 0.385. The van der Waals surface area contributed by atoms with Crippen molar-refractivity contribution in [2.24, 2.45) is 0 Å². The molecule has 5 nitrogen and oxygen atoms in total. The quantitative estimate of drug-likeness (QED) is 0.472. The standard InChI is InChI=1S/C13H15BrO5/c1-2-18-13(17)10-6-9(12(15)16)7-11(8-10)19-5-3-4-14/h6-8H,2-5H2,1H3,(H,15,16). The highest BCUT2D eigenvalue weighted by Gasteiger charge is 2.13. The molecule has 0 aliphatic heterocycles. The summed E-state index contributed by atoms with van der Waals surface area (Å²) in [5, 5.41) is 9.79. The molecule has 0 unspecified atom stereocenters. The maximum Gasteiger partial charge on any atom is 0.338 e. The van der Waals surface area contributed by atoms with Gasteiger partial charge in [-0.25, -0.2) is 9.59 Å². The number of aromatic carboxylic acids is 1. The third-order valence-electron chi connectivity index (χ3n) is 2.21. The fourth-order valence-electron chi connectivity index (χ4n) is 1.38. The van der Waals surface area contributed by atoms with Gasteiger partial charge in [-0.3, -0.25) is 0 Å². The van der Waals surface area contributed by atoms with Gasteiger partial charge in [0.1, 0.15) is 5.75 Å². The highest BCUT2D eigenvalue weighted by atomic mass is 79.9. The molecule has 0 aliphatic carbocycles. The number of carbonyl (C=O) groups is 2. The summed E-state index contributed by atoms with van der Waals surface area (Å²) >= 11 is 3.27. The molecular formula is C13H15BrO5. The van der Waals surface area contributed by atoms with E-state index in [1.54, 1.807) is 6.92 Å². The molecule has 0 aliphatic rings. The lowest BCUT2D eigenvalue weighted by Crippen LogP contribution is -2.08. The van der Waals surface area contributed by atoms with Crippen molar-refractivity contribution in [3.8, 4) is 5.75 Å². The van der Waals surface area contributed by atoms with Gasteiger partial charge in [-0.1, -0.05) is 15.9 Å². The van der Waals surface area contributed by atoms with Crippen LogP contribution in [0, 0.1) is 0 Å². The third kappa shape index (κ3) is 4.90. The number of hydrogen-bond acceptors (Lipinski definition) is 4. The van der Waals surface area contributed by atoms with Crippen molar-refractivity contribution in [1.82, 2.24) is 0 Å². The largest absolute Gasteiger partial charge is 0.494 e. The summed E-state index contributed by atoms with van der Waals surface area (Å²) in [4.78, 5) is 22.6. The zero-order valence-corrected chi connectivity index (χ0v) is 12.1. The van der Waals surface area contributed by atoms with Gasteiger partial charge in [-0.2, -0.15) is 0 Å². The maximum atomic E-state index is 11.6. The maximum absolute atomic E-state index is 11.6. The number of carboxylic acids is 1. The average molecular weight is 331 g/mol. The lowest BCUT2D eigenvalue weighted by molar-refractivity contribution is 0.0526. The first kappa shape index (κ1) is 15.5. The van der Waals surface area contributed by atoms with Gasteiger partial charge in [0.2, 0.25) is 0 Å². The lowest BCUT2D eigenvalue weighted by Gasteiger charge is -2.09. The van der Waals surface area contributed by atoms with Gasteiger partial charge in [-0.15, -0.1) is 0 Å². The van der Waals surface area contributed by atoms with E-state index in [9.17, 15) is 9.59 Å². The first-order valence-corrected chi connectivity index (χ1v) is 6.95. The molecule has 0 aromatic heterocycles. The minimum atomic E-state index is -1.11. The highest BCUT2D eigenvalue weighted by molar-refractivity contribution is 9.09. The van der Waals surface area contributed by atoms with Crippen LogP contribution in [0.1, 0.15) is 34.1 Å². The number of hydrogen-bond donors (Lipinski definition) is 1. The summed E-state index contributed by atoms with van der Waals surface area (Å²) in [6, 6.07) is 4.15. The monoisotopic (exact) mass is 330 g/mol. The van der Waals surface area contributed by atoms with Gasteiger partial charge in [0.15, 0.2) is 0 Å². The molecule has 6 heteroatoms. The number of ether oxygens (including phenoxy) is 2. The Morgan fingerprint density at radius 1 is 1.26 bits per heavy atom. The van der Waals surface area contributed by atoms with E-state index in [-0.39, 0.29) is 17.7 Å². The van der Waals surface area contributed by atoms with Gasteiger partial charge >= 0.3 is 11.9 Å². The number of halogens is 1. The molecule has 0 saturated carbocycles. The number of carbonyl (C=O) groups excluding carboxylic acids is 1. The SMILES string of the molecule is CCOC(=O)c1cc(OCCCBr)cc(C(=O)O)c1. The van der Waals surface area contributed by atoms with Crippen molar-refractivity contribution in [3.63, 3.8) is 0 Å². The Kier molecular flexibility index (Phi) is 6.35. The minimum absolute atomic E-state index is 0.000560. The second-order valence-corrected chi connectivity index (χ2v) is 4.46. The van der Waals surface area contributed by atoms with Crippen molar-refractivity contribution in [3.05, 3.63) is 29.3 Å². The molecular weight excluding hydrogens is 316 g/mol. The van der Waals surface area contributed by atoms with E-state index >= 15 is 0 Å². The molecule has 0 atom stereocenters. The van der Waals surface area contributed by atoms with Crippen LogP contribution in [0.25, 0.3) is 0 Å². The number of alkyl halides is 1. The normalized spacial score (nSPS) is 10.0. The van der Waals surface area contributed by atoms with Gasteiger partial charge in [0.05, 0.1) is 24.3 Å². The van der Waals surface area contributed by atoms with Crippen molar-refractivity contribution in [1.29, 1.82) is 0 Å². The first-order chi connectivity index (χ1) is 9.08. The summed E-state index contributed by atoms with van der Waals surface area (Å²) in [6.45, 7) is 2.36. The average Bonchev–Trinajstić information content (AvgIpc) is 2.39. The minimum Gasteiger partial charge on any atom is -0.494 e. The Morgan fingerprint density at radius 3 is 2.53 bits per heavy atom. The Morgan fingerprint density at radius 2 is 1.95 bits per heavy atom. The van der Waals surface area contributed by atoms with E-state index in [1.807, 2.05) is 0 Å². The van der Waals surface area contributed by atoms with Crippen molar-refractivity contribution < 1.29 is 24.2 Å². The first-order valence-electron chi connectivity index (χ1n) is 5.82. The van der Waals surface area contributed by atoms with E-state index in [1.165, 1.54) is 18.2 Å². The van der Waals surface area contributed by atoms with Gasteiger partial charge in [0.25, 0.3) is 0 Å². The van der Waals surface area contributed by atoms with E-state index in [0.29, 0.717) is 12.4 Å². The molecule has 1 aromatic rings. The summed E-state index contributed by atoms with van der Waals surface area (Å²) in [5.74, 6) is -1.32. The number of esters is 1. The predicted octanol–water partition coefficient (Wildman–Crippen LogP) is 2.73. The third-order valence-corrected chi connectivity index (χ3v) is 2.77. The van der Waals surface area contributed by atoms with Crippen molar-refractivity contribution in [2.45, 2.75) is 13.3 Å². The summed E-state index contributed by atoms with van der Waals surface area (Å²) in [5.41, 5.74) is 0.176. The molecule has 0 radical (unpaired) electrons. The number of rotatable bonds is 7. The van der Waals surface area contributed by atoms with Crippen LogP contribution in [0.5, 0.6) is 5.75 Å². The van der Waals surface area contributed by atoms with Crippen LogP contribution in [0.4, 0.5) is 0 Å². The topological polar surface area (TPSA) is 72.8 Å². The van der Waals surface area contributed by atoms with E-state index in [0.717, 1.165) is 11.8 Å². The Labute approximate surface area is 119 Å². The van der Waals surface area contributed by atoms with Crippen LogP contribution in [0.3, 0.4) is 0 Å². The molecule has 0 spiro atoms. The predicted molar refractivity (Wildman–Crippen MR) is 73.3 cm³/mol. The number of benzene rings is 1. The van der Waals surface area contributed by atoms with Crippen LogP contribution >= 0.6 is 15.9 Å². The van der Waals surface area contributed by atoms with E-state index in [2.05, 4.69) is 15.9 Å². The van der Waals surface area contributed by atoms with Crippen LogP contribution in [-0.4, -0.2) is 35.6 Å². The van der Waals surface area contributed by atoms with Gasteiger partial charge < -0.3 is 14.6 Å². The molecule has 0 saturated heterocycles. The molecule has 1 N–H and O–H groups in total. The van der Waals surface area contributed by atoms with Gasteiger partial charge in [-0.05, 0) is 31.5 Å². The smallest absolute Gasteiger partial charge is 0.338 e. The molecule has 104 valence electrons. The van der Waals surface area contributed by atoms with E-state index in [4.69, 9.17) is 14.6 Å². The lowest BCUT2D eigenvalue weighted by atomic mass is 10.1. The molecule has 0 fully saturated rings. The summed E-state index contributed by atoms with van der Waals surface area (Å²) in [6.07, 6.45) is 0.784. The van der Waals surface area contributed by atoms with Crippen LogP contribution < -0.4 is 4.74 Å². The second-order valence-electron chi connectivity index (χ2n) is 3.66. The number of carboxylic acid groups (broad SMARTS) is 1. The molecule has 0 bridgehead atoms. The second kappa shape index (κ2) is 7.78. The zero-order chi connectivity index (χ0) is 14.3. The molecule has 19 heavy (non-hydrogen) atoms. The molecule has 1 rings (SSSR count). The Bertz CT molecular complexity index is 458. The van der Waals surface area contributed by atoms with Crippen LogP contribution in [0.2, 0.25) is 0 Å². The van der Waals surface area contributed by atoms with Crippen LogP contribution in [-0.2, 0) is 4.74 Å². The molecule has 0 heterocycles.